The average molecular weight is 242 g/mol. The zero-order valence-electron chi connectivity index (χ0n) is 7.29. The van der Waals surface area contributed by atoms with Crippen LogP contribution in [-0.4, -0.2) is 27.2 Å². The zero-order chi connectivity index (χ0) is 12.6. The molecule has 0 amide bonds. The molecule has 0 aliphatic rings. The van der Waals surface area contributed by atoms with E-state index in [0.717, 1.165) is 0 Å². The predicted octanol–water partition coefficient (Wildman–Crippen LogP) is 1.83. The minimum atomic E-state index is -5.82. The van der Waals surface area contributed by atoms with E-state index in [1.54, 1.807) is 0 Å². The molecule has 0 fully saturated rings. The topological polar surface area (TPSA) is 63.1 Å². The highest BCUT2D eigenvalue weighted by molar-refractivity contribution is 5.86. The van der Waals surface area contributed by atoms with Gasteiger partial charge in [-0.25, -0.2) is 14.8 Å². The fourth-order valence-corrected chi connectivity index (χ4v) is 0.727. The van der Waals surface area contributed by atoms with E-state index in [-0.39, 0.29) is 0 Å². The number of nitrogens with zero attached hydrogens (tertiary/aromatic N) is 2. The summed E-state index contributed by atoms with van der Waals surface area (Å²) < 4.78 is 60.7. The van der Waals surface area contributed by atoms with Crippen molar-refractivity contribution in [3.05, 3.63) is 23.8 Å². The SMILES string of the molecule is O=C(O)c1cnc(C(F)(F)C(F)(F)F)nc1. The molecular formula is C7H3F5N2O2. The van der Waals surface area contributed by atoms with E-state index >= 15 is 0 Å². The van der Waals surface area contributed by atoms with Crippen LogP contribution in [0.15, 0.2) is 12.4 Å². The second-order valence-electron chi connectivity index (χ2n) is 2.67. The van der Waals surface area contributed by atoms with Gasteiger partial charge in [-0.15, -0.1) is 0 Å². The Hall–Kier alpha value is -1.80. The van der Waals surface area contributed by atoms with E-state index in [9.17, 15) is 26.7 Å². The van der Waals surface area contributed by atoms with Crippen molar-refractivity contribution in [3.63, 3.8) is 0 Å². The number of alkyl halides is 5. The number of hydrogen-bond acceptors (Lipinski definition) is 3. The van der Waals surface area contributed by atoms with Gasteiger partial charge in [0.2, 0.25) is 5.82 Å². The Labute approximate surface area is 84.7 Å². The predicted molar refractivity (Wildman–Crippen MR) is 38.9 cm³/mol. The largest absolute Gasteiger partial charge is 0.478 e. The number of carbonyl (C=O) groups is 1. The van der Waals surface area contributed by atoms with E-state index < -0.39 is 29.5 Å². The average Bonchev–Trinajstić information content (AvgIpc) is 2.16. The molecule has 16 heavy (non-hydrogen) atoms. The number of aromatic nitrogens is 2. The van der Waals surface area contributed by atoms with Gasteiger partial charge in [0.25, 0.3) is 0 Å². The Morgan fingerprint density at radius 2 is 1.56 bits per heavy atom. The molecule has 0 aliphatic carbocycles. The molecule has 0 saturated heterocycles. The molecule has 0 unspecified atom stereocenters. The smallest absolute Gasteiger partial charge is 0.461 e. The van der Waals surface area contributed by atoms with E-state index in [1.807, 2.05) is 0 Å². The van der Waals surface area contributed by atoms with Crippen molar-refractivity contribution in [2.75, 3.05) is 0 Å². The van der Waals surface area contributed by atoms with Crippen molar-refractivity contribution in [2.24, 2.45) is 0 Å². The molecule has 1 heterocycles. The second kappa shape index (κ2) is 3.65. The summed E-state index contributed by atoms with van der Waals surface area (Å²) in [5.41, 5.74) is -0.582. The monoisotopic (exact) mass is 242 g/mol. The highest BCUT2D eigenvalue weighted by Crippen LogP contribution is 2.41. The highest BCUT2D eigenvalue weighted by Gasteiger charge is 2.61. The Morgan fingerprint density at radius 1 is 1.12 bits per heavy atom. The maximum atomic E-state index is 12.6. The molecule has 1 aromatic heterocycles. The summed E-state index contributed by atoms with van der Waals surface area (Å²) in [6.07, 6.45) is -5.06. The molecule has 9 heteroatoms. The molecule has 0 saturated carbocycles. The standard InChI is InChI=1S/C7H3F5N2O2/c8-6(9,7(10,11)12)5-13-1-3(2-14-5)4(15)16/h1-2H,(H,15,16). The summed E-state index contributed by atoms with van der Waals surface area (Å²) in [6, 6.07) is 0. The molecule has 0 aliphatic heterocycles. The molecule has 1 aromatic rings. The van der Waals surface area contributed by atoms with E-state index in [1.165, 1.54) is 0 Å². The van der Waals surface area contributed by atoms with Gasteiger partial charge in [-0.3, -0.25) is 0 Å². The quantitative estimate of drug-likeness (QED) is 0.803. The van der Waals surface area contributed by atoms with Crippen LogP contribution in [0.5, 0.6) is 0 Å². The van der Waals surface area contributed by atoms with E-state index in [2.05, 4.69) is 9.97 Å². The molecule has 0 atom stereocenters. The summed E-state index contributed by atoms with van der Waals surface area (Å²) in [4.78, 5) is 15.6. The molecule has 4 nitrogen and oxygen atoms in total. The Bertz CT molecular complexity index is 400. The molecule has 1 N–H and O–H groups in total. The first-order valence-corrected chi connectivity index (χ1v) is 3.66. The normalized spacial score (nSPS) is 12.6. The zero-order valence-corrected chi connectivity index (χ0v) is 7.29. The first kappa shape index (κ1) is 12.3. The number of rotatable bonds is 2. The van der Waals surface area contributed by atoms with Gasteiger partial charge >= 0.3 is 18.1 Å². The summed E-state index contributed by atoms with van der Waals surface area (Å²) in [7, 11) is 0. The Balaban J connectivity index is 3.11. The van der Waals surface area contributed by atoms with Crippen LogP contribution in [-0.2, 0) is 5.92 Å². The Morgan fingerprint density at radius 3 is 1.88 bits per heavy atom. The van der Waals surface area contributed by atoms with Gasteiger partial charge in [0.05, 0.1) is 5.56 Å². The van der Waals surface area contributed by atoms with Gasteiger partial charge in [0, 0.05) is 12.4 Å². The van der Waals surface area contributed by atoms with Crippen molar-refractivity contribution < 1.29 is 31.9 Å². The maximum Gasteiger partial charge on any atom is 0.461 e. The van der Waals surface area contributed by atoms with Gasteiger partial charge in [-0.2, -0.15) is 22.0 Å². The van der Waals surface area contributed by atoms with Crippen molar-refractivity contribution in [3.8, 4) is 0 Å². The molecule has 1 rings (SSSR count). The third-order valence-electron chi connectivity index (χ3n) is 1.54. The number of aromatic carboxylic acids is 1. The molecular weight excluding hydrogens is 239 g/mol. The van der Waals surface area contributed by atoms with Gasteiger partial charge in [0.1, 0.15) is 0 Å². The van der Waals surface area contributed by atoms with Crippen LogP contribution in [0.4, 0.5) is 22.0 Å². The third kappa shape index (κ3) is 2.07. The van der Waals surface area contributed by atoms with Crippen LogP contribution < -0.4 is 0 Å². The summed E-state index contributed by atoms with van der Waals surface area (Å²) in [5, 5.41) is 8.35. The van der Waals surface area contributed by atoms with Crippen LogP contribution in [0, 0.1) is 0 Å². The van der Waals surface area contributed by atoms with Crippen LogP contribution in [0.3, 0.4) is 0 Å². The fourth-order valence-electron chi connectivity index (χ4n) is 0.727. The van der Waals surface area contributed by atoms with Gasteiger partial charge < -0.3 is 5.11 Å². The van der Waals surface area contributed by atoms with Gasteiger partial charge in [-0.1, -0.05) is 0 Å². The molecule has 0 radical (unpaired) electrons. The first-order chi connectivity index (χ1) is 7.16. The summed E-state index contributed by atoms with van der Waals surface area (Å²) in [6.45, 7) is 0. The minimum absolute atomic E-state index is 0.379. The lowest BCUT2D eigenvalue weighted by Gasteiger charge is -2.17. The lowest BCUT2D eigenvalue weighted by Crippen LogP contribution is -2.35. The maximum absolute atomic E-state index is 12.6. The lowest BCUT2D eigenvalue weighted by molar-refractivity contribution is -0.292. The third-order valence-corrected chi connectivity index (χ3v) is 1.54. The minimum Gasteiger partial charge on any atom is -0.478 e. The number of halogens is 5. The molecule has 0 spiro atoms. The van der Waals surface area contributed by atoms with E-state index in [4.69, 9.17) is 5.11 Å². The van der Waals surface area contributed by atoms with Gasteiger partial charge in [-0.05, 0) is 0 Å². The van der Waals surface area contributed by atoms with Crippen LogP contribution in [0.1, 0.15) is 16.2 Å². The number of hydrogen-bond donors (Lipinski definition) is 1. The lowest BCUT2D eigenvalue weighted by atomic mass is 10.3. The number of carboxylic acids is 1. The van der Waals surface area contributed by atoms with Crippen molar-refractivity contribution in [1.29, 1.82) is 0 Å². The Kier molecular flexibility index (Phi) is 2.80. The second-order valence-corrected chi connectivity index (χ2v) is 2.67. The molecule has 0 aromatic carbocycles. The van der Waals surface area contributed by atoms with Crippen LogP contribution in [0.25, 0.3) is 0 Å². The van der Waals surface area contributed by atoms with Crippen LogP contribution in [0.2, 0.25) is 0 Å². The van der Waals surface area contributed by atoms with Gasteiger partial charge in [0.15, 0.2) is 0 Å². The van der Waals surface area contributed by atoms with Crippen molar-refractivity contribution in [1.82, 2.24) is 9.97 Å². The number of carboxylic acid groups (broad SMARTS) is 1. The first-order valence-electron chi connectivity index (χ1n) is 3.66. The van der Waals surface area contributed by atoms with E-state index in [0.29, 0.717) is 12.4 Å². The molecule has 88 valence electrons. The summed E-state index contributed by atoms with van der Waals surface area (Å²) in [5.74, 6) is -8.52. The highest BCUT2D eigenvalue weighted by atomic mass is 19.4. The fraction of sp³-hybridized carbons (Fsp3) is 0.286. The molecule has 0 bridgehead atoms. The van der Waals surface area contributed by atoms with Crippen LogP contribution >= 0.6 is 0 Å². The van der Waals surface area contributed by atoms with Crippen molar-refractivity contribution in [2.45, 2.75) is 12.1 Å². The summed E-state index contributed by atoms with van der Waals surface area (Å²) >= 11 is 0. The van der Waals surface area contributed by atoms with Crippen molar-refractivity contribution >= 4 is 5.97 Å².